The minimum Gasteiger partial charge on any atom is -0.496 e. The summed E-state index contributed by atoms with van der Waals surface area (Å²) < 4.78 is 11.3. The summed E-state index contributed by atoms with van der Waals surface area (Å²) in [4.78, 5) is 0. The molecule has 0 saturated heterocycles. The highest BCUT2D eigenvalue weighted by atomic mass is 16.5. The van der Waals surface area contributed by atoms with Crippen LogP contribution in [0.4, 0.5) is 0 Å². The van der Waals surface area contributed by atoms with Crippen LogP contribution in [0.15, 0.2) is 18.2 Å². The molecule has 1 fully saturated rings. The molecule has 110 valence electrons. The Balaban J connectivity index is 2.04. The van der Waals surface area contributed by atoms with E-state index in [4.69, 9.17) is 9.47 Å². The maximum Gasteiger partial charge on any atom is 0.122 e. The highest BCUT2D eigenvalue weighted by Gasteiger charge is 2.48. The molecule has 2 aliphatic carbocycles. The van der Waals surface area contributed by atoms with Gasteiger partial charge in [-0.1, -0.05) is 26.0 Å². The number of ether oxygens (including phenoxy) is 2. The van der Waals surface area contributed by atoms with E-state index >= 15 is 0 Å². The second-order valence-electron chi connectivity index (χ2n) is 6.72. The highest BCUT2D eigenvalue weighted by Crippen LogP contribution is 2.53. The Bertz CT molecular complexity index is 496. The zero-order chi connectivity index (χ0) is 14.3. The molecule has 0 amide bonds. The number of rotatable bonds is 2. The number of hydrogen-bond acceptors (Lipinski definition) is 2. The summed E-state index contributed by atoms with van der Waals surface area (Å²) in [7, 11) is 3.65. The van der Waals surface area contributed by atoms with Crippen molar-refractivity contribution in [1.29, 1.82) is 0 Å². The molecule has 2 heteroatoms. The molecular weight excluding hydrogens is 248 g/mol. The lowest BCUT2D eigenvalue weighted by atomic mass is 9.54. The first kappa shape index (κ1) is 13.9. The predicted octanol–water partition coefficient (Wildman–Crippen LogP) is 3.96. The number of hydrogen-bond donors (Lipinski definition) is 0. The molecule has 2 aliphatic rings. The second-order valence-corrected chi connectivity index (χ2v) is 6.72. The topological polar surface area (TPSA) is 18.5 Å². The van der Waals surface area contributed by atoms with Crippen molar-refractivity contribution < 1.29 is 9.47 Å². The molecule has 1 aromatic carbocycles. The van der Waals surface area contributed by atoms with Crippen LogP contribution >= 0.6 is 0 Å². The molecule has 0 heterocycles. The van der Waals surface area contributed by atoms with Crippen molar-refractivity contribution in [2.24, 2.45) is 11.8 Å². The smallest absolute Gasteiger partial charge is 0.122 e. The third-order valence-corrected chi connectivity index (χ3v) is 5.96. The van der Waals surface area contributed by atoms with Gasteiger partial charge in [0.1, 0.15) is 5.75 Å². The van der Waals surface area contributed by atoms with E-state index in [1.54, 1.807) is 7.11 Å². The van der Waals surface area contributed by atoms with Crippen molar-refractivity contribution in [3.8, 4) is 5.75 Å². The average molecular weight is 274 g/mol. The molecule has 2 nitrogen and oxygen atoms in total. The first-order valence-electron chi connectivity index (χ1n) is 7.81. The SMILES string of the molecule is COc1cccc2c1CC[C@H]1[C@H](C)[C@@H](OC)CC[C@]21C. The fraction of sp³-hybridized carbons (Fsp3) is 0.667. The van der Waals surface area contributed by atoms with Crippen LogP contribution in [0.25, 0.3) is 0 Å². The van der Waals surface area contributed by atoms with E-state index in [0.29, 0.717) is 12.0 Å². The summed E-state index contributed by atoms with van der Waals surface area (Å²) in [5.41, 5.74) is 3.25. The number of fused-ring (bicyclic) bond motifs is 3. The molecule has 0 spiro atoms. The van der Waals surface area contributed by atoms with Gasteiger partial charge in [0.15, 0.2) is 0 Å². The molecule has 0 aromatic heterocycles. The molecule has 20 heavy (non-hydrogen) atoms. The lowest BCUT2D eigenvalue weighted by Crippen LogP contribution is -2.48. The summed E-state index contributed by atoms with van der Waals surface area (Å²) in [5, 5.41) is 0. The minimum absolute atomic E-state index is 0.288. The van der Waals surface area contributed by atoms with Gasteiger partial charge in [0.2, 0.25) is 0 Å². The van der Waals surface area contributed by atoms with Crippen molar-refractivity contribution in [3.05, 3.63) is 29.3 Å². The first-order chi connectivity index (χ1) is 9.61. The summed E-state index contributed by atoms with van der Waals surface area (Å²) in [6, 6.07) is 6.58. The maximum absolute atomic E-state index is 5.71. The lowest BCUT2D eigenvalue weighted by Gasteiger charge is -2.52. The highest BCUT2D eigenvalue weighted by molar-refractivity contribution is 5.46. The summed E-state index contributed by atoms with van der Waals surface area (Å²) in [6.45, 7) is 4.83. The molecular formula is C18H26O2. The lowest BCUT2D eigenvalue weighted by molar-refractivity contribution is -0.0341. The Morgan fingerprint density at radius 1 is 1.20 bits per heavy atom. The molecule has 0 aliphatic heterocycles. The Morgan fingerprint density at radius 3 is 2.70 bits per heavy atom. The zero-order valence-electron chi connectivity index (χ0n) is 13.1. The Kier molecular flexibility index (Phi) is 3.53. The predicted molar refractivity (Wildman–Crippen MR) is 81.4 cm³/mol. The van der Waals surface area contributed by atoms with Gasteiger partial charge >= 0.3 is 0 Å². The largest absolute Gasteiger partial charge is 0.496 e. The molecule has 0 bridgehead atoms. The molecule has 1 aromatic rings. The van der Waals surface area contributed by atoms with Crippen LogP contribution in [0.2, 0.25) is 0 Å². The van der Waals surface area contributed by atoms with E-state index in [1.807, 2.05) is 7.11 Å². The van der Waals surface area contributed by atoms with E-state index in [9.17, 15) is 0 Å². The van der Waals surface area contributed by atoms with Crippen molar-refractivity contribution in [2.75, 3.05) is 14.2 Å². The number of methoxy groups -OCH3 is 2. The van der Waals surface area contributed by atoms with Gasteiger partial charge in [-0.3, -0.25) is 0 Å². The van der Waals surface area contributed by atoms with Gasteiger partial charge in [0, 0.05) is 7.11 Å². The average Bonchev–Trinajstić information content (AvgIpc) is 2.47. The van der Waals surface area contributed by atoms with E-state index in [1.165, 1.54) is 30.4 Å². The van der Waals surface area contributed by atoms with E-state index in [-0.39, 0.29) is 5.41 Å². The van der Waals surface area contributed by atoms with E-state index < -0.39 is 0 Å². The van der Waals surface area contributed by atoms with Gasteiger partial charge in [0.25, 0.3) is 0 Å². The summed E-state index contributed by atoms with van der Waals surface area (Å²) >= 11 is 0. The third kappa shape index (κ3) is 1.88. The fourth-order valence-corrected chi connectivity index (χ4v) is 4.83. The van der Waals surface area contributed by atoms with Crippen LogP contribution in [0.5, 0.6) is 5.75 Å². The fourth-order valence-electron chi connectivity index (χ4n) is 4.83. The van der Waals surface area contributed by atoms with Gasteiger partial charge in [-0.25, -0.2) is 0 Å². The third-order valence-electron chi connectivity index (χ3n) is 5.96. The normalized spacial score (nSPS) is 36.1. The van der Waals surface area contributed by atoms with Crippen LogP contribution in [0.3, 0.4) is 0 Å². The summed E-state index contributed by atoms with van der Waals surface area (Å²) in [6.07, 6.45) is 5.22. The Hall–Kier alpha value is -1.02. The van der Waals surface area contributed by atoms with Crippen LogP contribution < -0.4 is 4.74 Å². The van der Waals surface area contributed by atoms with Gasteiger partial charge in [-0.2, -0.15) is 0 Å². The maximum atomic E-state index is 5.71. The Labute approximate surface area is 122 Å². The second kappa shape index (κ2) is 5.07. The van der Waals surface area contributed by atoms with Crippen LogP contribution in [-0.4, -0.2) is 20.3 Å². The molecule has 0 unspecified atom stereocenters. The molecule has 0 N–H and O–H groups in total. The van der Waals surface area contributed by atoms with E-state index in [0.717, 1.165) is 18.1 Å². The van der Waals surface area contributed by atoms with E-state index in [2.05, 4.69) is 32.0 Å². The Morgan fingerprint density at radius 2 is 2.00 bits per heavy atom. The minimum atomic E-state index is 0.288. The molecule has 3 rings (SSSR count). The van der Waals surface area contributed by atoms with Gasteiger partial charge in [-0.15, -0.1) is 0 Å². The van der Waals surface area contributed by atoms with Crippen molar-refractivity contribution in [2.45, 2.75) is 51.0 Å². The monoisotopic (exact) mass is 274 g/mol. The zero-order valence-corrected chi connectivity index (χ0v) is 13.1. The van der Waals surface area contributed by atoms with Gasteiger partial charge < -0.3 is 9.47 Å². The van der Waals surface area contributed by atoms with Crippen molar-refractivity contribution in [1.82, 2.24) is 0 Å². The van der Waals surface area contributed by atoms with Gasteiger partial charge in [0.05, 0.1) is 13.2 Å². The first-order valence-corrected chi connectivity index (χ1v) is 7.81. The van der Waals surface area contributed by atoms with Crippen molar-refractivity contribution in [3.63, 3.8) is 0 Å². The quantitative estimate of drug-likeness (QED) is 0.812. The standard InChI is InChI=1S/C18H26O2/c1-12-14-9-8-13-15(6-5-7-17(13)20-4)18(14,2)11-10-16(12)19-3/h5-7,12,14,16H,8-11H2,1-4H3/t12-,14-,16-,18-/m0/s1. The molecule has 0 radical (unpaired) electrons. The molecule has 1 saturated carbocycles. The van der Waals surface area contributed by atoms with Crippen LogP contribution in [0.1, 0.15) is 44.2 Å². The number of benzene rings is 1. The molecule has 4 atom stereocenters. The van der Waals surface area contributed by atoms with Crippen LogP contribution in [-0.2, 0) is 16.6 Å². The van der Waals surface area contributed by atoms with Gasteiger partial charge in [-0.05, 0) is 60.1 Å². The van der Waals surface area contributed by atoms with Crippen molar-refractivity contribution >= 4 is 0 Å². The summed E-state index contributed by atoms with van der Waals surface area (Å²) in [5.74, 6) is 2.43. The van der Waals surface area contributed by atoms with Crippen LogP contribution in [0, 0.1) is 11.8 Å².